The zero-order valence-corrected chi connectivity index (χ0v) is 11.1. The molecule has 1 fully saturated rings. The molecule has 16 heavy (non-hydrogen) atoms. The molecule has 2 rings (SSSR count). The summed E-state index contributed by atoms with van der Waals surface area (Å²) in [5, 5.41) is 9.98. The van der Waals surface area contributed by atoms with E-state index in [0.717, 1.165) is 28.4 Å². The minimum atomic E-state index is 0.0622. The number of hydrogen-bond donors (Lipinski definition) is 2. The van der Waals surface area contributed by atoms with Gasteiger partial charge in [0.15, 0.2) is 11.5 Å². The monoisotopic (exact) mass is 285 g/mol. The van der Waals surface area contributed by atoms with Crippen LogP contribution in [0.25, 0.3) is 0 Å². The first-order valence-corrected chi connectivity index (χ1v) is 6.11. The van der Waals surface area contributed by atoms with Crippen molar-refractivity contribution < 1.29 is 9.84 Å². The van der Waals surface area contributed by atoms with Gasteiger partial charge in [-0.2, -0.15) is 0 Å². The summed E-state index contributed by atoms with van der Waals surface area (Å²) < 4.78 is 5.85. The standard InChI is InChI=1S/C12H16BrNO2/c1-7-5-8(16-2)11(15)10(13)9(7)12(6-14)3-4-12/h5,15H,3-4,6,14H2,1-2H3. The number of rotatable bonds is 3. The molecule has 0 atom stereocenters. The Morgan fingerprint density at radius 3 is 2.62 bits per heavy atom. The fourth-order valence-corrected chi connectivity index (χ4v) is 3.18. The van der Waals surface area contributed by atoms with Gasteiger partial charge in [-0.25, -0.2) is 0 Å². The van der Waals surface area contributed by atoms with Crippen molar-refractivity contribution in [3.8, 4) is 11.5 Å². The van der Waals surface area contributed by atoms with E-state index in [1.807, 2.05) is 13.0 Å². The lowest BCUT2D eigenvalue weighted by Crippen LogP contribution is -2.21. The van der Waals surface area contributed by atoms with Gasteiger partial charge in [0.05, 0.1) is 11.6 Å². The Balaban J connectivity index is 2.59. The zero-order chi connectivity index (χ0) is 11.9. The fourth-order valence-electron chi connectivity index (χ4n) is 2.25. The fraction of sp³-hybridized carbons (Fsp3) is 0.500. The predicted octanol–water partition coefficient (Wildman–Crippen LogP) is 2.46. The molecule has 0 aliphatic heterocycles. The van der Waals surface area contributed by atoms with Crippen LogP contribution in [-0.2, 0) is 5.41 Å². The summed E-state index contributed by atoms with van der Waals surface area (Å²) in [4.78, 5) is 0. The van der Waals surface area contributed by atoms with Crippen LogP contribution >= 0.6 is 15.9 Å². The molecular formula is C12H16BrNO2. The Hall–Kier alpha value is -0.740. The molecule has 1 aliphatic rings. The van der Waals surface area contributed by atoms with Crippen LogP contribution in [0.1, 0.15) is 24.0 Å². The molecule has 1 aromatic carbocycles. The third kappa shape index (κ3) is 1.60. The number of phenols is 1. The van der Waals surface area contributed by atoms with Crippen molar-refractivity contribution in [1.29, 1.82) is 0 Å². The summed E-state index contributed by atoms with van der Waals surface area (Å²) in [5.41, 5.74) is 8.14. The first-order valence-electron chi connectivity index (χ1n) is 5.32. The number of nitrogens with two attached hydrogens (primary N) is 1. The summed E-state index contributed by atoms with van der Waals surface area (Å²) >= 11 is 3.45. The Labute approximate surface area is 104 Å². The smallest absolute Gasteiger partial charge is 0.172 e. The van der Waals surface area contributed by atoms with Crippen LogP contribution in [0.4, 0.5) is 0 Å². The molecule has 0 bridgehead atoms. The van der Waals surface area contributed by atoms with Crippen LogP contribution in [-0.4, -0.2) is 18.8 Å². The normalized spacial score (nSPS) is 17.2. The minimum Gasteiger partial charge on any atom is -0.503 e. The highest BCUT2D eigenvalue weighted by Gasteiger charge is 2.45. The molecular weight excluding hydrogens is 270 g/mol. The van der Waals surface area contributed by atoms with Gasteiger partial charge in [-0.05, 0) is 52.9 Å². The molecule has 0 amide bonds. The van der Waals surface area contributed by atoms with E-state index in [4.69, 9.17) is 10.5 Å². The van der Waals surface area contributed by atoms with Crippen molar-refractivity contribution in [2.75, 3.05) is 13.7 Å². The lowest BCUT2D eigenvalue weighted by molar-refractivity contribution is 0.370. The average Bonchev–Trinajstić information content (AvgIpc) is 3.04. The summed E-state index contributed by atoms with van der Waals surface area (Å²) in [5.74, 6) is 0.670. The second kappa shape index (κ2) is 3.93. The maximum atomic E-state index is 9.98. The van der Waals surface area contributed by atoms with Crippen molar-refractivity contribution >= 4 is 15.9 Å². The Morgan fingerprint density at radius 2 is 2.19 bits per heavy atom. The zero-order valence-electron chi connectivity index (χ0n) is 9.51. The van der Waals surface area contributed by atoms with E-state index in [9.17, 15) is 5.11 Å². The van der Waals surface area contributed by atoms with Gasteiger partial charge in [-0.3, -0.25) is 0 Å². The number of aryl methyl sites for hydroxylation is 1. The molecule has 88 valence electrons. The van der Waals surface area contributed by atoms with Crippen molar-refractivity contribution in [2.45, 2.75) is 25.2 Å². The van der Waals surface area contributed by atoms with E-state index in [1.165, 1.54) is 0 Å². The van der Waals surface area contributed by atoms with Gasteiger partial charge >= 0.3 is 0 Å². The number of aromatic hydroxyl groups is 1. The van der Waals surface area contributed by atoms with Crippen LogP contribution in [0.3, 0.4) is 0 Å². The second-order valence-electron chi connectivity index (χ2n) is 4.42. The lowest BCUT2D eigenvalue weighted by Gasteiger charge is -2.20. The van der Waals surface area contributed by atoms with Crippen LogP contribution in [0, 0.1) is 6.92 Å². The minimum absolute atomic E-state index is 0.0622. The van der Waals surface area contributed by atoms with E-state index in [-0.39, 0.29) is 11.2 Å². The summed E-state index contributed by atoms with van der Waals surface area (Å²) in [6.45, 7) is 2.65. The molecule has 0 spiro atoms. The maximum Gasteiger partial charge on any atom is 0.172 e. The van der Waals surface area contributed by atoms with Gasteiger partial charge in [-0.1, -0.05) is 0 Å². The molecule has 1 aliphatic carbocycles. The van der Waals surface area contributed by atoms with Crippen molar-refractivity contribution in [1.82, 2.24) is 0 Å². The predicted molar refractivity (Wildman–Crippen MR) is 67.1 cm³/mol. The molecule has 0 heterocycles. The van der Waals surface area contributed by atoms with Crippen molar-refractivity contribution in [3.63, 3.8) is 0 Å². The highest BCUT2D eigenvalue weighted by Crippen LogP contribution is 2.54. The molecule has 3 N–H and O–H groups in total. The van der Waals surface area contributed by atoms with E-state index >= 15 is 0 Å². The lowest BCUT2D eigenvalue weighted by atomic mass is 9.91. The second-order valence-corrected chi connectivity index (χ2v) is 5.21. The first kappa shape index (κ1) is 11.7. The topological polar surface area (TPSA) is 55.5 Å². The summed E-state index contributed by atoms with van der Waals surface area (Å²) in [7, 11) is 1.55. The number of methoxy groups -OCH3 is 1. The van der Waals surface area contributed by atoms with Gasteiger partial charge < -0.3 is 15.6 Å². The van der Waals surface area contributed by atoms with Gasteiger partial charge in [0.1, 0.15) is 0 Å². The Bertz CT molecular complexity index is 428. The summed E-state index contributed by atoms with van der Waals surface area (Å²) in [6.07, 6.45) is 2.18. The van der Waals surface area contributed by atoms with Gasteiger partial charge in [0, 0.05) is 12.0 Å². The molecule has 0 saturated heterocycles. The highest BCUT2D eigenvalue weighted by atomic mass is 79.9. The molecule has 0 unspecified atom stereocenters. The number of benzene rings is 1. The van der Waals surface area contributed by atoms with Crippen LogP contribution in [0.5, 0.6) is 11.5 Å². The molecule has 3 nitrogen and oxygen atoms in total. The Morgan fingerprint density at radius 1 is 1.56 bits per heavy atom. The van der Waals surface area contributed by atoms with Crippen LogP contribution in [0.15, 0.2) is 10.5 Å². The van der Waals surface area contributed by atoms with Crippen molar-refractivity contribution in [2.24, 2.45) is 5.73 Å². The number of hydrogen-bond acceptors (Lipinski definition) is 3. The van der Waals surface area contributed by atoms with E-state index < -0.39 is 0 Å². The van der Waals surface area contributed by atoms with Crippen LogP contribution < -0.4 is 10.5 Å². The van der Waals surface area contributed by atoms with E-state index in [1.54, 1.807) is 7.11 Å². The molecule has 0 aromatic heterocycles. The maximum absolute atomic E-state index is 9.98. The summed E-state index contributed by atoms with van der Waals surface area (Å²) in [6, 6.07) is 1.87. The number of halogens is 1. The largest absolute Gasteiger partial charge is 0.503 e. The first-order chi connectivity index (χ1) is 7.55. The van der Waals surface area contributed by atoms with Crippen LogP contribution in [0.2, 0.25) is 0 Å². The third-order valence-electron chi connectivity index (χ3n) is 3.40. The van der Waals surface area contributed by atoms with Gasteiger partial charge in [0.25, 0.3) is 0 Å². The quantitative estimate of drug-likeness (QED) is 0.897. The highest BCUT2D eigenvalue weighted by molar-refractivity contribution is 9.10. The average molecular weight is 286 g/mol. The van der Waals surface area contributed by atoms with E-state index in [0.29, 0.717) is 12.3 Å². The molecule has 0 radical (unpaired) electrons. The SMILES string of the molecule is COc1cc(C)c(C2(CN)CC2)c(Br)c1O. The Kier molecular flexibility index (Phi) is 2.88. The third-order valence-corrected chi connectivity index (χ3v) is 4.17. The van der Waals surface area contributed by atoms with Gasteiger partial charge in [0.2, 0.25) is 0 Å². The molecule has 1 saturated carbocycles. The molecule has 4 heteroatoms. The molecule has 1 aromatic rings. The van der Waals surface area contributed by atoms with Gasteiger partial charge in [-0.15, -0.1) is 0 Å². The van der Waals surface area contributed by atoms with E-state index in [2.05, 4.69) is 15.9 Å². The van der Waals surface area contributed by atoms with Crippen molar-refractivity contribution in [3.05, 3.63) is 21.7 Å². The number of phenolic OH excluding ortho intramolecular Hbond substituents is 1. The number of ether oxygens (including phenoxy) is 1.